The summed E-state index contributed by atoms with van der Waals surface area (Å²) in [6.07, 6.45) is 0.723. The van der Waals surface area contributed by atoms with Gasteiger partial charge in [0.25, 0.3) is 5.91 Å². The summed E-state index contributed by atoms with van der Waals surface area (Å²) in [6.45, 7) is 0.521. The van der Waals surface area contributed by atoms with Crippen molar-refractivity contribution in [2.45, 2.75) is 6.42 Å². The molecule has 0 fully saturated rings. The second-order valence-corrected chi connectivity index (χ2v) is 7.50. The summed E-state index contributed by atoms with van der Waals surface area (Å²) >= 11 is 0. The molecule has 1 amide bonds. The number of nitrogens with one attached hydrogen (secondary N) is 1. The molecule has 6 heteroatoms. The number of nitrogens with zero attached hydrogens (tertiary/aromatic N) is 1. The van der Waals surface area contributed by atoms with E-state index in [4.69, 9.17) is 19.2 Å². The van der Waals surface area contributed by atoms with Crippen LogP contribution >= 0.6 is 0 Å². The van der Waals surface area contributed by atoms with E-state index in [9.17, 15) is 4.79 Å². The van der Waals surface area contributed by atoms with Gasteiger partial charge in [-0.1, -0.05) is 30.3 Å². The standard InChI is InChI=1S/C27H26N2O4/c1-31-20-11-8-18(9-12-20)14-15-28-27(30)22-17-24(29-23-7-5-4-6-21(22)23)19-10-13-25(32-2)26(16-19)33-3/h4-13,16-17H,14-15H2,1-3H3,(H,28,30). The first-order valence-corrected chi connectivity index (χ1v) is 10.7. The van der Waals surface area contributed by atoms with Gasteiger partial charge >= 0.3 is 0 Å². The van der Waals surface area contributed by atoms with Gasteiger partial charge in [-0.15, -0.1) is 0 Å². The number of aromatic nitrogens is 1. The lowest BCUT2D eigenvalue weighted by Crippen LogP contribution is -2.26. The number of hydrogen-bond donors (Lipinski definition) is 1. The summed E-state index contributed by atoms with van der Waals surface area (Å²) in [6, 6.07) is 22.9. The molecule has 1 heterocycles. The highest BCUT2D eigenvalue weighted by Crippen LogP contribution is 2.33. The lowest BCUT2D eigenvalue weighted by Gasteiger charge is -2.12. The molecule has 0 aliphatic heterocycles. The minimum Gasteiger partial charge on any atom is -0.497 e. The fraction of sp³-hybridized carbons (Fsp3) is 0.185. The third-order valence-electron chi connectivity index (χ3n) is 5.50. The maximum atomic E-state index is 13.2. The van der Waals surface area contributed by atoms with Crippen molar-refractivity contribution in [2.75, 3.05) is 27.9 Å². The number of amides is 1. The molecule has 0 saturated carbocycles. The van der Waals surface area contributed by atoms with Crippen LogP contribution in [0, 0.1) is 0 Å². The second kappa shape index (κ2) is 10.0. The normalized spacial score (nSPS) is 10.6. The molecular formula is C27H26N2O4. The molecular weight excluding hydrogens is 416 g/mol. The molecule has 33 heavy (non-hydrogen) atoms. The van der Waals surface area contributed by atoms with Gasteiger partial charge in [-0.25, -0.2) is 4.98 Å². The van der Waals surface area contributed by atoms with E-state index >= 15 is 0 Å². The van der Waals surface area contributed by atoms with Crippen molar-refractivity contribution in [1.29, 1.82) is 0 Å². The Bertz CT molecular complexity index is 1270. The van der Waals surface area contributed by atoms with Gasteiger partial charge in [-0.3, -0.25) is 4.79 Å². The average Bonchev–Trinajstić information content (AvgIpc) is 2.87. The van der Waals surface area contributed by atoms with Gasteiger partial charge in [0.05, 0.1) is 38.1 Å². The van der Waals surface area contributed by atoms with Crippen molar-refractivity contribution in [3.63, 3.8) is 0 Å². The number of ether oxygens (including phenoxy) is 3. The predicted molar refractivity (Wildman–Crippen MR) is 129 cm³/mol. The lowest BCUT2D eigenvalue weighted by molar-refractivity contribution is 0.0955. The summed E-state index contributed by atoms with van der Waals surface area (Å²) in [4.78, 5) is 17.9. The average molecular weight is 443 g/mol. The summed E-state index contributed by atoms with van der Waals surface area (Å²) in [5.41, 5.74) is 3.99. The predicted octanol–water partition coefficient (Wildman–Crippen LogP) is 4.90. The molecule has 1 N–H and O–H groups in total. The van der Waals surface area contributed by atoms with E-state index in [2.05, 4.69) is 5.32 Å². The van der Waals surface area contributed by atoms with Gasteiger partial charge in [0.1, 0.15) is 5.75 Å². The minimum absolute atomic E-state index is 0.135. The van der Waals surface area contributed by atoms with Gasteiger partial charge in [0.2, 0.25) is 0 Å². The van der Waals surface area contributed by atoms with Crippen molar-refractivity contribution < 1.29 is 19.0 Å². The molecule has 0 spiro atoms. The molecule has 0 radical (unpaired) electrons. The number of para-hydroxylation sites is 1. The van der Waals surface area contributed by atoms with Gasteiger partial charge in [0, 0.05) is 17.5 Å². The van der Waals surface area contributed by atoms with Crippen LogP contribution in [0.25, 0.3) is 22.2 Å². The third kappa shape index (κ3) is 4.90. The smallest absolute Gasteiger partial charge is 0.252 e. The minimum atomic E-state index is -0.135. The van der Waals surface area contributed by atoms with Gasteiger partial charge in [-0.05, 0) is 54.4 Å². The van der Waals surface area contributed by atoms with Gasteiger partial charge < -0.3 is 19.5 Å². The molecule has 0 atom stereocenters. The van der Waals surface area contributed by atoms with Crippen LogP contribution in [0.4, 0.5) is 0 Å². The Balaban J connectivity index is 1.60. The van der Waals surface area contributed by atoms with Crippen LogP contribution in [0.5, 0.6) is 17.2 Å². The SMILES string of the molecule is COc1ccc(CCNC(=O)c2cc(-c3ccc(OC)c(OC)c3)nc3ccccc23)cc1. The van der Waals surface area contributed by atoms with Gasteiger partial charge in [-0.2, -0.15) is 0 Å². The van der Waals surface area contributed by atoms with Crippen LogP contribution in [0.2, 0.25) is 0 Å². The number of fused-ring (bicyclic) bond motifs is 1. The van der Waals surface area contributed by atoms with E-state index in [0.29, 0.717) is 29.3 Å². The monoisotopic (exact) mass is 442 g/mol. The zero-order chi connectivity index (χ0) is 23.2. The molecule has 0 unspecified atom stereocenters. The van der Waals surface area contributed by atoms with Crippen molar-refractivity contribution in [3.05, 3.63) is 83.9 Å². The van der Waals surface area contributed by atoms with Crippen molar-refractivity contribution >= 4 is 16.8 Å². The number of hydrogen-bond acceptors (Lipinski definition) is 5. The largest absolute Gasteiger partial charge is 0.497 e. The Kier molecular flexibility index (Phi) is 6.74. The number of benzene rings is 3. The molecule has 0 bridgehead atoms. The maximum absolute atomic E-state index is 13.2. The van der Waals surface area contributed by atoms with E-state index in [1.165, 1.54) is 0 Å². The van der Waals surface area contributed by atoms with Crippen LogP contribution < -0.4 is 19.5 Å². The summed E-state index contributed by atoms with van der Waals surface area (Å²) in [5, 5.41) is 3.85. The molecule has 6 nitrogen and oxygen atoms in total. The second-order valence-electron chi connectivity index (χ2n) is 7.50. The molecule has 4 aromatic rings. The molecule has 3 aromatic carbocycles. The van der Waals surface area contributed by atoms with Crippen molar-refractivity contribution in [3.8, 4) is 28.5 Å². The molecule has 0 aliphatic carbocycles. The van der Waals surface area contributed by atoms with Crippen molar-refractivity contribution in [2.24, 2.45) is 0 Å². The summed E-state index contributed by atoms with van der Waals surface area (Å²) in [5.74, 6) is 1.92. The molecule has 1 aromatic heterocycles. The van der Waals surface area contributed by atoms with Crippen LogP contribution in [0.15, 0.2) is 72.8 Å². The van der Waals surface area contributed by atoms with Crippen LogP contribution in [0.3, 0.4) is 0 Å². The number of methoxy groups -OCH3 is 3. The van der Waals surface area contributed by atoms with E-state index < -0.39 is 0 Å². The van der Waals surface area contributed by atoms with Crippen LogP contribution in [0.1, 0.15) is 15.9 Å². The zero-order valence-corrected chi connectivity index (χ0v) is 18.9. The summed E-state index contributed by atoms with van der Waals surface area (Å²) in [7, 11) is 4.84. The molecule has 0 aliphatic rings. The Morgan fingerprint density at radius 2 is 1.61 bits per heavy atom. The quantitative estimate of drug-likeness (QED) is 0.420. The number of pyridine rings is 1. The van der Waals surface area contributed by atoms with Gasteiger partial charge in [0.15, 0.2) is 11.5 Å². The highest BCUT2D eigenvalue weighted by atomic mass is 16.5. The van der Waals surface area contributed by atoms with E-state index in [-0.39, 0.29) is 5.91 Å². The Morgan fingerprint density at radius 3 is 2.33 bits per heavy atom. The number of rotatable bonds is 8. The Hall–Kier alpha value is -4.06. The fourth-order valence-electron chi connectivity index (χ4n) is 3.71. The Labute approximate surface area is 193 Å². The molecule has 4 rings (SSSR count). The zero-order valence-electron chi connectivity index (χ0n) is 18.9. The highest BCUT2D eigenvalue weighted by molar-refractivity contribution is 6.07. The molecule has 168 valence electrons. The van der Waals surface area contributed by atoms with E-state index in [1.54, 1.807) is 21.3 Å². The number of carbonyl (C=O) groups excluding carboxylic acids is 1. The lowest BCUT2D eigenvalue weighted by atomic mass is 10.0. The first-order valence-electron chi connectivity index (χ1n) is 10.7. The fourth-order valence-corrected chi connectivity index (χ4v) is 3.71. The van der Waals surface area contributed by atoms with E-state index in [1.807, 2.05) is 72.8 Å². The van der Waals surface area contributed by atoms with Crippen molar-refractivity contribution in [1.82, 2.24) is 10.3 Å². The first-order chi connectivity index (χ1) is 16.1. The third-order valence-corrected chi connectivity index (χ3v) is 5.50. The summed E-state index contributed by atoms with van der Waals surface area (Å²) < 4.78 is 16.0. The van der Waals surface area contributed by atoms with E-state index in [0.717, 1.165) is 34.2 Å². The Morgan fingerprint density at radius 1 is 0.848 bits per heavy atom. The maximum Gasteiger partial charge on any atom is 0.252 e. The number of carbonyl (C=O) groups is 1. The first kappa shape index (κ1) is 22.1. The topological polar surface area (TPSA) is 69.7 Å². The van der Waals surface area contributed by atoms with Crippen LogP contribution in [-0.2, 0) is 6.42 Å². The highest BCUT2D eigenvalue weighted by Gasteiger charge is 2.15. The molecule has 0 saturated heterocycles. The van der Waals surface area contributed by atoms with Crippen LogP contribution in [-0.4, -0.2) is 38.8 Å².